The third-order valence-corrected chi connectivity index (χ3v) is 8.17. The molecule has 1 saturated heterocycles. The molecule has 0 spiro atoms. The molecule has 10 heteroatoms. The number of hydrogen-bond acceptors (Lipinski definition) is 8. The van der Waals surface area contributed by atoms with Crippen molar-refractivity contribution in [2.45, 2.75) is 56.2 Å². The van der Waals surface area contributed by atoms with Crippen LogP contribution in [0.1, 0.15) is 56.1 Å². The van der Waals surface area contributed by atoms with Crippen molar-refractivity contribution in [3.05, 3.63) is 65.9 Å². The highest BCUT2D eigenvalue weighted by Gasteiger charge is 2.40. The second-order valence-electron chi connectivity index (χ2n) is 10.3. The number of carbonyl (C=O) groups is 1. The Morgan fingerprint density at radius 1 is 1.17 bits per heavy atom. The summed E-state index contributed by atoms with van der Waals surface area (Å²) in [7, 11) is -2.59. The minimum absolute atomic E-state index is 0.0422. The highest BCUT2D eigenvalue weighted by Crippen LogP contribution is 2.40. The van der Waals surface area contributed by atoms with Crippen LogP contribution in [0, 0.1) is 5.92 Å². The van der Waals surface area contributed by atoms with Crippen molar-refractivity contribution in [3.63, 3.8) is 0 Å². The van der Waals surface area contributed by atoms with Crippen molar-refractivity contribution in [2.75, 3.05) is 24.3 Å². The molecule has 0 saturated carbocycles. The molecule has 9 nitrogen and oxygen atoms in total. The molecule has 2 aromatic heterocycles. The first-order chi connectivity index (χ1) is 16.9. The molecule has 1 aliphatic heterocycles. The van der Waals surface area contributed by atoms with Crippen LogP contribution in [0.2, 0.25) is 0 Å². The van der Waals surface area contributed by atoms with Crippen molar-refractivity contribution in [1.82, 2.24) is 14.7 Å². The SMILES string of the molecule is COC1(C)C=CC=CC1c1ccc(C(=O)NS(=O)(=O)c2cccc(N)n2)c(N2CC(C)CC2(C)C)n1. The van der Waals surface area contributed by atoms with E-state index in [2.05, 4.69) is 35.4 Å². The molecular formula is C26H33N5O4S. The van der Waals surface area contributed by atoms with Gasteiger partial charge in [0.05, 0.1) is 22.8 Å². The lowest BCUT2D eigenvalue weighted by Gasteiger charge is -2.36. The second-order valence-corrected chi connectivity index (χ2v) is 11.9. The molecule has 2 aliphatic rings. The van der Waals surface area contributed by atoms with Crippen molar-refractivity contribution in [2.24, 2.45) is 5.92 Å². The lowest BCUT2D eigenvalue weighted by molar-refractivity contribution is 0.0345. The molecule has 1 fully saturated rings. The minimum Gasteiger partial charge on any atom is -0.384 e. The molecule has 3 unspecified atom stereocenters. The predicted octanol–water partition coefficient (Wildman–Crippen LogP) is 3.42. The molecule has 0 aromatic carbocycles. The average molecular weight is 512 g/mol. The Balaban J connectivity index is 1.78. The third kappa shape index (κ3) is 4.87. The highest BCUT2D eigenvalue weighted by molar-refractivity contribution is 7.90. The van der Waals surface area contributed by atoms with E-state index in [9.17, 15) is 13.2 Å². The van der Waals surface area contributed by atoms with Crippen molar-refractivity contribution >= 4 is 27.6 Å². The Morgan fingerprint density at radius 3 is 2.56 bits per heavy atom. The maximum atomic E-state index is 13.4. The normalized spacial score (nSPS) is 25.2. The van der Waals surface area contributed by atoms with Gasteiger partial charge >= 0.3 is 0 Å². The van der Waals surface area contributed by atoms with Crippen LogP contribution >= 0.6 is 0 Å². The first-order valence-electron chi connectivity index (χ1n) is 11.9. The van der Waals surface area contributed by atoms with Crippen LogP contribution in [0.3, 0.4) is 0 Å². The predicted molar refractivity (Wildman–Crippen MR) is 139 cm³/mol. The van der Waals surface area contributed by atoms with Crippen LogP contribution in [0.4, 0.5) is 11.6 Å². The van der Waals surface area contributed by atoms with Crippen LogP contribution in [-0.4, -0.2) is 49.1 Å². The number of nitrogens with one attached hydrogen (secondary N) is 1. The van der Waals surface area contributed by atoms with Crippen molar-refractivity contribution in [1.29, 1.82) is 0 Å². The number of rotatable bonds is 6. The van der Waals surface area contributed by atoms with Gasteiger partial charge in [0.25, 0.3) is 15.9 Å². The molecule has 1 aliphatic carbocycles. The number of allylic oxidation sites excluding steroid dienone is 2. The van der Waals surface area contributed by atoms with E-state index in [-0.39, 0.29) is 27.9 Å². The number of nitrogen functional groups attached to an aromatic ring is 1. The Labute approximate surface area is 212 Å². The quantitative estimate of drug-likeness (QED) is 0.604. The molecular weight excluding hydrogens is 478 g/mol. The smallest absolute Gasteiger partial charge is 0.281 e. The highest BCUT2D eigenvalue weighted by atomic mass is 32.2. The summed E-state index contributed by atoms with van der Waals surface area (Å²) in [5.41, 5.74) is 5.65. The van der Waals surface area contributed by atoms with Crippen LogP contribution in [0.25, 0.3) is 0 Å². The summed E-state index contributed by atoms with van der Waals surface area (Å²) in [6.07, 6.45) is 8.78. The zero-order valence-electron chi connectivity index (χ0n) is 21.2. The average Bonchev–Trinajstić information content (AvgIpc) is 3.10. The maximum Gasteiger partial charge on any atom is 0.281 e. The summed E-state index contributed by atoms with van der Waals surface area (Å²) in [4.78, 5) is 24.3. The summed E-state index contributed by atoms with van der Waals surface area (Å²) in [6, 6.07) is 7.61. The molecule has 192 valence electrons. The molecule has 3 N–H and O–H groups in total. The van der Waals surface area contributed by atoms with Gasteiger partial charge in [-0.15, -0.1) is 0 Å². The van der Waals surface area contributed by atoms with Crippen molar-refractivity contribution < 1.29 is 17.9 Å². The van der Waals surface area contributed by atoms with Gasteiger partial charge in [0, 0.05) is 19.2 Å². The zero-order chi connectivity index (χ0) is 26.3. The second kappa shape index (κ2) is 9.33. The summed E-state index contributed by atoms with van der Waals surface area (Å²) in [5, 5.41) is -0.327. The number of anilines is 2. The number of nitrogens with two attached hydrogens (primary N) is 1. The van der Waals surface area contributed by atoms with E-state index < -0.39 is 21.5 Å². The number of nitrogens with zero attached hydrogens (tertiary/aromatic N) is 3. The van der Waals surface area contributed by atoms with Gasteiger partial charge in [-0.3, -0.25) is 4.79 Å². The van der Waals surface area contributed by atoms with Gasteiger partial charge < -0.3 is 15.4 Å². The van der Waals surface area contributed by atoms with Gasteiger partial charge in [-0.05, 0) is 57.4 Å². The maximum absolute atomic E-state index is 13.4. The fraction of sp³-hybridized carbons (Fsp3) is 0.423. The summed E-state index contributed by atoms with van der Waals surface area (Å²) >= 11 is 0. The number of hydrogen-bond donors (Lipinski definition) is 2. The molecule has 4 rings (SSSR count). The minimum atomic E-state index is -4.24. The van der Waals surface area contributed by atoms with Gasteiger partial charge in [-0.25, -0.2) is 14.7 Å². The van der Waals surface area contributed by atoms with E-state index >= 15 is 0 Å². The fourth-order valence-electron chi connectivity index (χ4n) is 5.09. The molecule has 1 amide bonds. The van der Waals surface area contributed by atoms with Crippen LogP contribution in [-0.2, 0) is 14.8 Å². The van der Waals surface area contributed by atoms with Crippen molar-refractivity contribution in [3.8, 4) is 0 Å². The topological polar surface area (TPSA) is 128 Å². The molecule has 0 bridgehead atoms. The zero-order valence-corrected chi connectivity index (χ0v) is 22.0. The van der Waals surface area contributed by atoms with Gasteiger partial charge in [0.15, 0.2) is 5.03 Å². The standard InChI is InChI=1S/C26H33N5O4S/c1-17-15-25(2,3)31(16-17)23-18(24(32)30-36(33,34)22-11-8-10-21(27)29-22)12-13-20(28-23)19-9-6-7-14-26(19,4)35-5/h6-14,17,19H,15-16H2,1-5H3,(H2,27,29)(H,30,32). The number of pyridine rings is 2. The van der Waals surface area contributed by atoms with E-state index in [0.29, 0.717) is 18.3 Å². The van der Waals surface area contributed by atoms with Crippen LogP contribution in [0.15, 0.2) is 59.7 Å². The summed E-state index contributed by atoms with van der Waals surface area (Å²) in [5.74, 6) is -0.107. The molecule has 3 atom stereocenters. The molecule has 36 heavy (non-hydrogen) atoms. The van der Waals surface area contributed by atoms with E-state index in [0.717, 1.165) is 12.1 Å². The van der Waals surface area contributed by atoms with E-state index in [1.165, 1.54) is 18.2 Å². The van der Waals surface area contributed by atoms with E-state index in [4.69, 9.17) is 15.5 Å². The number of aromatic nitrogens is 2. The fourth-order valence-corrected chi connectivity index (χ4v) is 6.03. The Bertz CT molecular complexity index is 1340. The first-order valence-corrected chi connectivity index (χ1v) is 13.3. The largest absolute Gasteiger partial charge is 0.384 e. The number of sulfonamides is 1. The van der Waals surface area contributed by atoms with Gasteiger partial charge in [0.2, 0.25) is 0 Å². The molecule has 2 aromatic rings. The van der Waals surface area contributed by atoms with Gasteiger partial charge in [-0.1, -0.05) is 37.3 Å². The number of methoxy groups -OCH3 is 1. The number of amides is 1. The summed E-state index contributed by atoms with van der Waals surface area (Å²) in [6.45, 7) is 9.02. The Hall–Kier alpha value is -3.24. The number of carbonyl (C=O) groups excluding carboxylic acids is 1. The monoisotopic (exact) mass is 511 g/mol. The van der Waals surface area contributed by atoms with Crippen LogP contribution < -0.4 is 15.4 Å². The lowest BCUT2D eigenvalue weighted by Crippen LogP contribution is -2.41. The third-order valence-electron chi connectivity index (χ3n) is 6.94. The Morgan fingerprint density at radius 2 is 1.92 bits per heavy atom. The molecule has 3 heterocycles. The molecule has 0 radical (unpaired) electrons. The van der Waals surface area contributed by atoms with Gasteiger partial charge in [-0.2, -0.15) is 8.42 Å². The van der Waals surface area contributed by atoms with E-state index in [1.807, 2.05) is 31.2 Å². The first kappa shape index (κ1) is 25.8. The number of ether oxygens (including phenoxy) is 1. The van der Waals surface area contributed by atoms with Crippen LogP contribution in [0.5, 0.6) is 0 Å². The summed E-state index contributed by atoms with van der Waals surface area (Å²) < 4.78 is 33.7. The van der Waals surface area contributed by atoms with Gasteiger partial charge in [0.1, 0.15) is 11.6 Å². The lowest BCUT2D eigenvalue weighted by atomic mass is 9.82. The van der Waals surface area contributed by atoms with E-state index in [1.54, 1.807) is 19.2 Å². The Kier molecular flexibility index (Phi) is 6.70.